The van der Waals surface area contributed by atoms with Gasteiger partial charge in [0.2, 0.25) is 0 Å². The minimum atomic E-state index is -4.52. The maximum absolute atomic E-state index is 13.4. The molecule has 4 aromatic rings. The third-order valence-corrected chi connectivity index (χ3v) is 5.03. The van der Waals surface area contributed by atoms with E-state index in [0.29, 0.717) is 16.9 Å². The summed E-state index contributed by atoms with van der Waals surface area (Å²) in [5, 5.41) is 0.251. The quantitative estimate of drug-likeness (QED) is 0.494. The molecular weight excluding hydrogens is 407 g/mol. The number of hydrogen-bond acceptors (Lipinski definition) is 3. The van der Waals surface area contributed by atoms with E-state index < -0.39 is 23.0 Å². The largest absolute Gasteiger partial charge is 0.416 e. The maximum Gasteiger partial charge on any atom is 0.416 e. The minimum Gasteiger partial charge on any atom is -0.268 e. The van der Waals surface area contributed by atoms with Crippen molar-refractivity contribution >= 4 is 11.0 Å². The minimum absolute atomic E-state index is 0.200. The highest BCUT2D eigenvalue weighted by atomic mass is 19.4. The van der Waals surface area contributed by atoms with Crippen LogP contribution in [0.5, 0.6) is 0 Å². The lowest BCUT2D eigenvalue weighted by Gasteiger charge is -2.16. The zero-order chi connectivity index (χ0) is 22.3. The molecule has 158 valence electrons. The fraction of sp³-hybridized carbons (Fsp3) is 0.174. The molecule has 5 nitrogen and oxygen atoms in total. The van der Waals surface area contributed by atoms with Gasteiger partial charge >= 0.3 is 11.9 Å². The molecule has 2 aromatic carbocycles. The number of alkyl halides is 3. The van der Waals surface area contributed by atoms with E-state index in [2.05, 4.69) is 4.98 Å². The third kappa shape index (κ3) is 3.76. The molecule has 0 saturated carbocycles. The summed E-state index contributed by atoms with van der Waals surface area (Å²) in [6.07, 6.45) is -4.52. The van der Waals surface area contributed by atoms with Gasteiger partial charge in [-0.05, 0) is 55.3 Å². The molecule has 31 heavy (non-hydrogen) atoms. The molecule has 0 radical (unpaired) electrons. The van der Waals surface area contributed by atoms with E-state index in [9.17, 15) is 22.8 Å². The fourth-order valence-corrected chi connectivity index (χ4v) is 3.65. The van der Waals surface area contributed by atoms with Gasteiger partial charge in [-0.25, -0.2) is 14.3 Å². The van der Waals surface area contributed by atoms with E-state index in [1.54, 1.807) is 50.2 Å². The Morgan fingerprint density at radius 1 is 0.935 bits per heavy atom. The number of halogens is 3. The standard InChI is InChI=1S/C23H18F3N3O2/c1-14-11-15(2)27-20-19(14)21(30)28(22(31)29(20)18-9-4-3-5-10-18)13-16-7-6-8-17(12-16)23(24,25)26/h3-12H,13H2,1-2H3. The smallest absolute Gasteiger partial charge is 0.268 e. The molecule has 2 heterocycles. The van der Waals surface area contributed by atoms with Crippen molar-refractivity contribution in [2.75, 3.05) is 0 Å². The summed E-state index contributed by atoms with van der Waals surface area (Å²) in [5.74, 6) is 0. The molecule has 0 saturated heterocycles. The van der Waals surface area contributed by atoms with Crippen molar-refractivity contribution in [1.29, 1.82) is 0 Å². The van der Waals surface area contributed by atoms with Crippen LogP contribution in [0.3, 0.4) is 0 Å². The first-order valence-corrected chi connectivity index (χ1v) is 9.52. The lowest BCUT2D eigenvalue weighted by molar-refractivity contribution is -0.137. The van der Waals surface area contributed by atoms with Gasteiger partial charge in [0.25, 0.3) is 5.56 Å². The van der Waals surface area contributed by atoms with Gasteiger partial charge in [0.1, 0.15) is 0 Å². The Kier molecular flexibility index (Phi) is 5.00. The summed E-state index contributed by atoms with van der Waals surface area (Å²) in [6, 6.07) is 15.1. The van der Waals surface area contributed by atoms with Crippen molar-refractivity contribution in [3.63, 3.8) is 0 Å². The predicted molar refractivity (Wildman–Crippen MR) is 112 cm³/mol. The highest BCUT2D eigenvalue weighted by Gasteiger charge is 2.30. The van der Waals surface area contributed by atoms with Crippen LogP contribution < -0.4 is 11.2 Å². The zero-order valence-corrected chi connectivity index (χ0v) is 16.8. The molecule has 0 N–H and O–H groups in total. The first kappa shape index (κ1) is 20.6. The Labute approximate surface area is 175 Å². The number of aryl methyl sites for hydroxylation is 2. The number of aromatic nitrogens is 3. The highest BCUT2D eigenvalue weighted by Crippen LogP contribution is 2.29. The van der Waals surface area contributed by atoms with Crippen LogP contribution in [-0.2, 0) is 12.7 Å². The van der Waals surface area contributed by atoms with Gasteiger partial charge in [0.05, 0.1) is 23.2 Å². The molecule has 0 amide bonds. The second-order valence-corrected chi connectivity index (χ2v) is 7.32. The van der Waals surface area contributed by atoms with Crippen LogP contribution in [0.2, 0.25) is 0 Å². The summed E-state index contributed by atoms with van der Waals surface area (Å²) in [7, 11) is 0. The highest BCUT2D eigenvalue weighted by molar-refractivity contribution is 5.79. The lowest BCUT2D eigenvalue weighted by Crippen LogP contribution is -2.40. The van der Waals surface area contributed by atoms with E-state index in [-0.39, 0.29) is 23.1 Å². The van der Waals surface area contributed by atoms with Gasteiger partial charge in [-0.3, -0.25) is 9.36 Å². The number of rotatable bonds is 3. The van der Waals surface area contributed by atoms with Crippen LogP contribution in [0.15, 0.2) is 70.3 Å². The van der Waals surface area contributed by atoms with Crippen molar-refractivity contribution < 1.29 is 13.2 Å². The lowest BCUT2D eigenvalue weighted by atomic mass is 10.1. The molecule has 4 rings (SSSR count). The molecule has 8 heteroatoms. The molecule has 0 unspecified atom stereocenters. The summed E-state index contributed by atoms with van der Waals surface area (Å²) in [6.45, 7) is 3.21. The number of fused-ring (bicyclic) bond motifs is 1. The number of pyridine rings is 1. The fourth-order valence-electron chi connectivity index (χ4n) is 3.65. The Morgan fingerprint density at radius 3 is 2.32 bits per heavy atom. The van der Waals surface area contributed by atoms with Crippen molar-refractivity contribution in [3.8, 4) is 5.69 Å². The molecule has 0 atom stereocenters. The van der Waals surface area contributed by atoms with Crippen molar-refractivity contribution in [3.05, 3.63) is 104 Å². The number of para-hydroxylation sites is 1. The zero-order valence-electron chi connectivity index (χ0n) is 16.8. The summed E-state index contributed by atoms with van der Waals surface area (Å²) in [5.41, 5.74) is 0.112. The van der Waals surface area contributed by atoms with E-state index in [0.717, 1.165) is 16.7 Å². The van der Waals surface area contributed by atoms with Gasteiger partial charge < -0.3 is 0 Å². The van der Waals surface area contributed by atoms with E-state index in [4.69, 9.17) is 0 Å². The van der Waals surface area contributed by atoms with Gasteiger partial charge in [-0.1, -0.05) is 30.3 Å². The molecule has 0 aliphatic rings. The Morgan fingerprint density at radius 2 is 1.65 bits per heavy atom. The van der Waals surface area contributed by atoms with Crippen LogP contribution in [0, 0.1) is 13.8 Å². The Hall–Kier alpha value is -3.68. The first-order valence-electron chi connectivity index (χ1n) is 9.52. The molecule has 0 fully saturated rings. The average Bonchev–Trinajstić information content (AvgIpc) is 2.71. The van der Waals surface area contributed by atoms with Crippen molar-refractivity contribution in [2.24, 2.45) is 0 Å². The predicted octanol–water partition coefficient (Wildman–Crippen LogP) is 4.23. The molecule has 0 aliphatic carbocycles. The molecular formula is C23H18F3N3O2. The van der Waals surface area contributed by atoms with Crippen LogP contribution in [0.1, 0.15) is 22.4 Å². The van der Waals surface area contributed by atoms with Crippen molar-refractivity contribution in [2.45, 2.75) is 26.6 Å². The van der Waals surface area contributed by atoms with E-state index >= 15 is 0 Å². The Balaban J connectivity index is 2.02. The summed E-state index contributed by atoms with van der Waals surface area (Å²) in [4.78, 5) is 31.0. The normalized spacial score (nSPS) is 11.8. The monoisotopic (exact) mass is 425 g/mol. The van der Waals surface area contributed by atoms with Crippen LogP contribution in [0.25, 0.3) is 16.7 Å². The summed E-state index contributed by atoms with van der Waals surface area (Å²) < 4.78 is 41.6. The second-order valence-electron chi connectivity index (χ2n) is 7.32. The number of nitrogens with zero attached hydrogens (tertiary/aromatic N) is 3. The molecule has 2 aromatic heterocycles. The Bertz CT molecular complexity index is 1400. The molecule has 0 aliphatic heterocycles. The average molecular weight is 425 g/mol. The van der Waals surface area contributed by atoms with Gasteiger partial charge in [-0.15, -0.1) is 0 Å². The van der Waals surface area contributed by atoms with Gasteiger partial charge in [-0.2, -0.15) is 13.2 Å². The third-order valence-electron chi connectivity index (χ3n) is 5.03. The SMILES string of the molecule is Cc1cc(C)c2c(=O)n(Cc3cccc(C(F)(F)F)c3)c(=O)n(-c3ccccc3)c2n1. The number of benzene rings is 2. The second kappa shape index (κ2) is 7.54. The number of hydrogen-bond donors (Lipinski definition) is 0. The van der Waals surface area contributed by atoms with Crippen LogP contribution >= 0.6 is 0 Å². The van der Waals surface area contributed by atoms with Gasteiger partial charge in [0.15, 0.2) is 5.65 Å². The summed E-state index contributed by atoms with van der Waals surface area (Å²) >= 11 is 0. The van der Waals surface area contributed by atoms with Crippen molar-refractivity contribution in [1.82, 2.24) is 14.1 Å². The van der Waals surface area contributed by atoms with Crippen LogP contribution in [0.4, 0.5) is 13.2 Å². The van der Waals surface area contributed by atoms with Crippen LogP contribution in [-0.4, -0.2) is 14.1 Å². The van der Waals surface area contributed by atoms with E-state index in [1.165, 1.54) is 16.7 Å². The maximum atomic E-state index is 13.4. The molecule has 0 spiro atoms. The molecule has 0 bridgehead atoms. The first-order chi connectivity index (χ1) is 14.7. The van der Waals surface area contributed by atoms with E-state index in [1.807, 2.05) is 0 Å². The topological polar surface area (TPSA) is 56.9 Å². The van der Waals surface area contributed by atoms with Gasteiger partial charge in [0, 0.05) is 5.69 Å².